The van der Waals surface area contributed by atoms with Gasteiger partial charge in [0.15, 0.2) is 0 Å². The lowest BCUT2D eigenvalue weighted by atomic mass is 10.0. The Kier molecular flexibility index (Phi) is 7.68. The summed E-state index contributed by atoms with van der Waals surface area (Å²) in [6.07, 6.45) is -9.34. The van der Waals surface area contributed by atoms with Crippen LogP contribution in [0.15, 0.2) is 48.5 Å². The van der Waals surface area contributed by atoms with Crippen LogP contribution in [0.5, 0.6) is 5.75 Å². The molecule has 3 aromatic rings. The molecule has 0 aromatic heterocycles. The second-order valence-electron chi connectivity index (χ2n) is 7.49. The Morgan fingerprint density at radius 2 is 1.40 bits per heavy atom. The fourth-order valence-corrected chi connectivity index (χ4v) is 3.33. The van der Waals surface area contributed by atoms with Gasteiger partial charge < -0.3 is 4.74 Å². The van der Waals surface area contributed by atoms with Crippen molar-refractivity contribution in [3.05, 3.63) is 88.5 Å². The number of benzene rings is 3. The van der Waals surface area contributed by atoms with E-state index in [1.165, 1.54) is 12.1 Å². The molecule has 0 saturated carbocycles. The lowest BCUT2D eigenvalue weighted by Gasteiger charge is -2.19. The van der Waals surface area contributed by atoms with E-state index < -0.39 is 52.4 Å². The monoisotopic (exact) mass is 508 g/mol. The molecule has 0 fully saturated rings. The molecule has 35 heavy (non-hydrogen) atoms. The molecule has 0 bridgehead atoms. The van der Waals surface area contributed by atoms with Crippen LogP contribution in [0, 0.1) is 23.3 Å². The van der Waals surface area contributed by atoms with Crippen LogP contribution in [0.25, 0.3) is 11.1 Å². The summed E-state index contributed by atoms with van der Waals surface area (Å²) in [5, 5.41) is 0. The summed E-state index contributed by atoms with van der Waals surface area (Å²) >= 11 is 0. The van der Waals surface area contributed by atoms with Gasteiger partial charge in [0, 0.05) is 17.7 Å². The normalized spacial score (nSPS) is 12.2. The smallest absolute Gasteiger partial charge is 0.489 e. The predicted octanol–water partition coefficient (Wildman–Crippen LogP) is 8.03. The summed E-state index contributed by atoms with van der Waals surface area (Å²) in [4.78, 5) is 0. The maximum atomic E-state index is 14.6. The zero-order valence-corrected chi connectivity index (χ0v) is 18.0. The Balaban J connectivity index is 1.82. The van der Waals surface area contributed by atoms with Gasteiger partial charge in [0.05, 0.1) is 11.1 Å². The molecule has 11 heteroatoms. The van der Waals surface area contributed by atoms with Crippen LogP contribution in [-0.4, -0.2) is 6.36 Å². The summed E-state index contributed by atoms with van der Waals surface area (Å²) in [6, 6.07) is 7.02. The highest BCUT2D eigenvalue weighted by Gasteiger charge is 2.47. The molecular formula is C24H17F9O2. The van der Waals surface area contributed by atoms with Gasteiger partial charge in [-0.3, -0.25) is 0 Å². The number of ether oxygens (including phenoxy) is 2. The molecule has 0 atom stereocenters. The Morgan fingerprint density at radius 3 is 1.94 bits per heavy atom. The molecule has 0 spiro atoms. The van der Waals surface area contributed by atoms with Crippen LogP contribution in [-0.2, 0) is 23.9 Å². The van der Waals surface area contributed by atoms with Crippen molar-refractivity contribution in [2.24, 2.45) is 0 Å². The van der Waals surface area contributed by atoms with Crippen LogP contribution >= 0.6 is 0 Å². The maximum absolute atomic E-state index is 14.6. The van der Waals surface area contributed by atoms with E-state index in [2.05, 4.69) is 4.74 Å². The van der Waals surface area contributed by atoms with Crippen LogP contribution < -0.4 is 4.74 Å². The number of aryl methyl sites for hydroxylation is 1. The Hall–Kier alpha value is -3.21. The third kappa shape index (κ3) is 6.47. The number of hydrogen-bond donors (Lipinski definition) is 0. The number of hydrogen-bond acceptors (Lipinski definition) is 2. The van der Waals surface area contributed by atoms with Crippen molar-refractivity contribution >= 4 is 0 Å². The van der Waals surface area contributed by atoms with E-state index in [0.717, 1.165) is 24.1 Å². The molecule has 0 saturated heterocycles. The van der Waals surface area contributed by atoms with Gasteiger partial charge in [0.25, 0.3) is 0 Å². The summed E-state index contributed by atoms with van der Waals surface area (Å²) in [6.45, 7) is 1.58. The molecule has 0 aliphatic rings. The van der Waals surface area contributed by atoms with Crippen molar-refractivity contribution in [3.8, 4) is 16.9 Å². The number of rotatable bonds is 8. The Labute approximate surface area is 193 Å². The van der Waals surface area contributed by atoms with Gasteiger partial charge in [-0.25, -0.2) is 22.3 Å². The molecule has 3 rings (SSSR count). The van der Waals surface area contributed by atoms with E-state index in [1.54, 1.807) is 6.07 Å². The van der Waals surface area contributed by atoms with Gasteiger partial charge >= 0.3 is 12.5 Å². The molecule has 0 N–H and O–H groups in total. The lowest BCUT2D eigenvalue weighted by molar-refractivity contribution is -0.432. The van der Waals surface area contributed by atoms with E-state index in [4.69, 9.17) is 4.74 Å². The van der Waals surface area contributed by atoms with Gasteiger partial charge in [0.1, 0.15) is 35.6 Å². The average Bonchev–Trinajstić information content (AvgIpc) is 2.71. The third-order valence-corrected chi connectivity index (χ3v) is 4.88. The zero-order chi connectivity index (χ0) is 26.0. The number of alkyl halides is 5. The highest BCUT2D eigenvalue weighted by atomic mass is 19.4. The maximum Gasteiger partial charge on any atom is 0.527 e. The van der Waals surface area contributed by atoms with Gasteiger partial charge in [-0.2, -0.15) is 8.78 Å². The molecule has 188 valence electrons. The van der Waals surface area contributed by atoms with Crippen molar-refractivity contribution in [1.82, 2.24) is 0 Å². The van der Waals surface area contributed by atoms with Crippen molar-refractivity contribution < 1.29 is 49.0 Å². The minimum Gasteiger partial charge on any atom is -0.489 e. The van der Waals surface area contributed by atoms with Crippen molar-refractivity contribution in [3.63, 3.8) is 0 Å². The van der Waals surface area contributed by atoms with E-state index >= 15 is 0 Å². The highest BCUT2D eigenvalue weighted by Crippen LogP contribution is 2.39. The van der Waals surface area contributed by atoms with Crippen LogP contribution in [0.3, 0.4) is 0 Å². The fraction of sp³-hybridized carbons (Fsp3) is 0.250. The average molecular weight is 508 g/mol. The molecule has 0 aliphatic carbocycles. The second-order valence-corrected chi connectivity index (χ2v) is 7.49. The summed E-state index contributed by atoms with van der Waals surface area (Å²) in [5.41, 5.74) is -2.26. The molecule has 0 radical (unpaired) electrons. The standard InChI is InChI=1S/C24H17F9O2/c1-2-3-13-4-5-15(18(25)8-13)12-34-16-10-20(27)22(21(28)11-16)14-6-7-17(19(26)9-14)23(29,30)35-24(31,32)33/h4-11H,2-3,12H2,1H3. The minimum absolute atomic E-state index is 0.134. The van der Waals surface area contributed by atoms with E-state index in [1.807, 2.05) is 6.92 Å². The molecule has 0 amide bonds. The largest absolute Gasteiger partial charge is 0.527 e. The van der Waals surface area contributed by atoms with Gasteiger partial charge in [-0.1, -0.05) is 31.5 Å². The van der Waals surface area contributed by atoms with Crippen molar-refractivity contribution in [1.29, 1.82) is 0 Å². The summed E-state index contributed by atoms with van der Waals surface area (Å²) < 4.78 is 129. The predicted molar refractivity (Wildman–Crippen MR) is 108 cm³/mol. The lowest BCUT2D eigenvalue weighted by Crippen LogP contribution is -2.28. The SMILES string of the molecule is CCCc1ccc(COc2cc(F)c(-c3ccc(C(F)(F)OC(F)(F)F)c(F)c3)c(F)c2)c(F)c1. The first-order valence-corrected chi connectivity index (χ1v) is 10.1. The first kappa shape index (κ1) is 26.4. The molecule has 0 unspecified atom stereocenters. The fourth-order valence-electron chi connectivity index (χ4n) is 3.33. The highest BCUT2D eigenvalue weighted by molar-refractivity contribution is 5.66. The van der Waals surface area contributed by atoms with Gasteiger partial charge in [-0.05, 0) is 35.7 Å². The van der Waals surface area contributed by atoms with E-state index in [-0.39, 0.29) is 30.1 Å². The summed E-state index contributed by atoms with van der Waals surface area (Å²) in [7, 11) is 0. The van der Waals surface area contributed by atoms with Crippen LogP contribution in [0.4, 0.5) is 39.5 Å². The Morgan fingerprint density at radius 1 is 0.743 bits per heavy atom. The molecule has 0 heterocycles. The quantitative estimate of drug-likeness (QED) is 0.287. The van der Waals surface area contributed by atoms with Crippen molar-refractivity contribution in [2.45, 2.75) is 38.8 Å². The number of halogens is 9. The molecular weight excluding hydrogens is 491 g/mol. The zero-order valence-electron chi connectivity index (χ0n) is 18.0. The van der Waals surface area contributed by atoms with E-state index in [9.17, 15) is 39.5 Å². The summed E-state index contributed by atoms with van der Waals surface area (Å²) in [5.74, 6) is -5.32. The first-order chi connectivity index (χ1) is 16.3. The van der Waals surface area contributed by atoms with Crippen LogP contribution in [0.1, 0.15) is 30.0 Å². The molecule has 3 aromatic carbocycles. The topological polar surface area (TPSA) is 18.5 Å². The van der Waals surface area contributed by atoms with E-state index in [0.29, 0.717) is 12.5 Å². The third-order valence-electron chi connectivity index (χ3n) is 4.88. The first-order valence-electron chi connectivity index (χ1n) is 10.1. The molecule has 2 nitrogen and oxygen atoms in total. The minimum atomic E-state index is -5.76. The van der Waals surface area contributed by atoms with Gasteiger partial charge in [-0.15, -0.1) is 13.2 Å². The van der Waals surface area contributed by atoms with Crippen LogP contribution in [0.2, 0.25) is 0 Å². The Bertz CT molecular complexity index is 1180. The second kappa shape index (κ2) is 10.2. The molecule has 0 aliphatic heterocycles. The van der Waals surface area contributed by atoms with Crippen molar-refractivity contribution in [2.75, 3.05) is 0 Å². The van der Waals surface area contributed by atoms with Gasteiger partial charge in [0.2, 0.25) is 0 Å².